The van der Waals surface area contributed by atoms with Gasteiger partial charge >= 0.3 is 0 Å². The maximum atomic E-state index is 4.39. The summed E-state index contributed by atoms with van der Waals surface area (Å²) in [5.41, 5.74) is 1.46. The SMILES string of the molecule is CC(C)(C)/C=N\Cc1ccccc1. The van der Waals surface area contributed by atoms with E-state index < -0.39 is 0 Å². The molecule has 0 aliphatic heterocycles. The lowest BCUT2D eigenvalue weighted by molar-refractivity contribution is 0.604. The van der Waals surface area contributed by atoms with Gasteiger partial charge in [0.05, 0.1) is 6.54 Å². The highest BCUT2D eigenvalue weighted by Gasteiger charge is 2.03. The quantitative estimate of drug-likeness (QED) is 0.611. The Hall–Kier alpha value is -1.11. The largest absolute Gasteiger partial charge is 0.292 e. The van der Waals surface area contributed by atoms with Gasteiger partial charge in [-0.2, -0.15) is 0 Å². The van der Waals surface area contributed by atoms with E-state index in [0.717, 1.165) is 6.54 Å². The number of benzene rings is 1. The number of hydrogen-bond acceptors (Lipinski definition) is 1. The lowest BCUT2D eigenvalue weighted by Gasteiger charge is -2.09. The molecule has 0 saturated carbocycles. The summed E-state index contributed by atoms with van der Waals surface area (Å²) in [7, 11) is 0. The van der Waals surface area contributed by atoms with E-state index in [1.807, 2.05) is 24.4 Å². The van der Waals surface area contributed by atoms with Crippen molar-refractivity contribution in [3.8, 4) is 0 Å². The maximum Gasteiger partial charge on any atom is 0.0636 e. The van der Waals surface area contributed by atoms with Crippen LogP contribution in [-0.2, 0) is 6.54 Å². The molecule has 1 aromatic carbocycles. The van der Waals surface area contributed by atoms with E-state index in [-0.39, 0.29) is 5.41 Å². The van der Waals surface area contributed by atoms with Crippen LogP contribution in [0, 0.1) is 5.41 Å². The summed E-state index contributed by atoms with van der Waals surface area (Å²) in [4.78, 5) is 4.39. The second-order valence-electron chi connectivity index (χ2n) is 4.32. The molecule has 0 N–H and O–H groups in total. The first-order valence-electron chi connectivity index (χ1n) is 4.63. The fourth-order valence-electron chi connectivity index (χ4n) is 1.01. The molecule has 0 aliphatic carbocycles. The Morgan fingerprint density at radius 2 is 1.77 bits per heavy atom. The number of aliphatic imine (C=N–C) groups is 1. The molecule has 0 aliphatic rings. The molecular formula is C12H17N. The number of hydrogen-bond donors (Lipinski definition) is 0. The second-order valence-corrected chi connectivity index (χ2v) is 4.32. The summed E-state index contributed by atoms with van der Waals surface area (Å²) < 4.78 is 0. The Labute approximate surface area is 80.5 Å². The molecule has 1 rings (SSSR count). The first-order chi connectivity index (χ1) is 6.08. The van der Waals surface area contributed by atoms with Crippen molar-refractivity contribution >= 4 is 6.21 Å². The van der Waals surface area contributed by atoms with Crippen LogP contribution in [0.15, 0.2) is 35.3 Å². The molecule has 1 aromatic rings. The van der Waals surface area contributed by atoms with Gasteiger partial charge in [0.15, 0.2) is 0 Å². The van der Waals surface area contributed by atoms with E-state index in [9.17, 15) is 0 Å². The summed E-state index contributed by atoms with van der Waals surface area (Å²) in [5.74, 6) is 0. The van der Waals surface area contributed by atoms with Gasteiger partial charge in [-0.25, -0.2) is 0 Å². The van der Waals surface area contributed by atoms with Crippen LogP contribution >= 0.6 is 0 Å². The molecule has 70 valence electrons. The Morgan fingerprint density at radius 3 is 2.31 bits per heavy atom. The number of rotatable bonds is 2. The van der Waals surface area contributed by atoms with Gasteiger partial charge in [0.2, 0.25) is 0 Å². The lowest BCUT2D eigenvalue weighted by Crippen LogP contribution is -2.06. The molecule has 1 heteroatoms. The van der Waals surface area contributed by atoms with Gasteiger partial charge in [-0.05, 0) is 11.0 Å². The zero-order valence-electron chi connectivity index (χ0n) is 8.62. The summed E-state index contributed by atoms with van der Waals surface area (Å²) in [5, 5.41) is 0. The van der Waals surface area contributed by atoms with Gasteiger partial charge in [-0.3, -0.25) is 4.99 Å². The molecule has 1 nitrogen and oxygen atoms in total. The van der Waals surface area contributed by atoms with Crippen LogP contribution < -0.4 is 0 Å². The number of nitrogens with zero attached hydrogens (tertiary/aromatic N) is 1. The van der Waals surface area contributed by atoms with Crippen LogP contribution in [0.25, 0.3) is 0 Å². The highest BCUT2D eigenvalue weighted by molar-refractivity contribution is 5.63. The van der Waals surface area contributed by atoms with Crippen molar-refractivity contribution in [1.29, 1.82) is 0 Å². The predicted octanol–water partition coefficient (Wildman–Crippen LogP) is 3.30. The fourth-order valence-corrected chi connectivity index (χ4v) is 1.01. The minimum Gasteiger partial charge on any atom is -0.292 e. The highest BCUT2D eigenvalue weighted by Crippen LogP contribution is 2.09. The molecule has 0 radical (unpaired) electrons. The first-order valence-corrected chi connectivity index (χ1v) is 4.63. The molecule has 0 spiro atoms. The standard InChI is InChI=1S/C12H17N/c1-12(2,3)10-13-9-11-7-5-4-6-8-11/h4-8,10H,9H2,1-3H3/b13-10-. The average molecular weight is 175 g/mol. The third-order valence-electron chi connectivity index (χ3n) is 1.60. The molecule has 0 aromatic heterocycles. The van der Waals surface area contributed by atoms with Gasteiger partial charge in [0, 0.05) is 6.21 Å². The zero-order valence-corrected chi connectivity index (χ0v) is 8.62. The summed E-state index contributed by atoms with van der Waals surface area (Å²) in [6.07, 6.45) is 2.01. The van der Waals surface area contributed by atoms with Crippen molar-refractivity contribution in [2.24, 2.45) is 10.4 Å². The van der Waals surface area contributed by atoms with Crippen LogP contribution in [0.5, 0.6) is 0 Å². The molecular weight excluding hydrogens is 158 g/mol. The lowest BCUT2D eigenvalue weighted by atomic mass is 9.99. The molecule has 0 saturated heterocycles. The topological polar surface area (TPSA) is 12.4 Å². The zero-order chi connectivity index (χ0) is 9.73. The van der Waals surface area contributed by atoms with Crippen molar-refractivity contribution < 1.29 is 0 Å². The predicted molar refractivity (Wildman–Crippen MR) is 58.1 cm³/mol. The molecule has 0 unspecified atom stereocenters. The van der Waals surface area contributed by atoms with E-state index in [2.05, 4.69) is 37.9 Å². The van der Waals surface area contributed by atoms with Gasteiger partial charge < -0.3 is 0 Å². The Morgan fingerprint density at radius 1 is 1.15 bits per heavy atom. The Bertz CT molecular complexity index is 267. The molecule has 0 atom stereocenters. The molecule has 0 fully saturated rings. The first kappa shape index (κ1) is 9.97. The fraction of sp³-hybridized carbons (Fsp3) is 0.417. The Kier molecular flexibility index (Phi) is 3.24. The van der Waals surface area contributed by atoms with Gasteiger partial charge in [0.25, 0.3) is 0 Å². The molecule has 0 bridgehead atoms. The third-order valence-corrected chi connectivity index (χ3v) is 1.60. The van der Waals surface area contributed by atoms with Gasteiger partial charge in [-0.15, -0.1) is 0 Å². The summed E-state index contributed by atoms with van der Waals surface area (Å²) >= 11 is 0. The minimum atomic E-state index is 0.189. The van der Waals surface area contributed by atoms with Gasteiger partial charge in [0.1, 0.15) is 0 Å². The van der Waals surface area contributed by atoms with Crippen molar-refractivity contribution in [2.75, 3.05) is 0 Å². The van der Waals surface area contributed by atoms with Crippen LogP contribution in [0.4, 0.5) is 0 Å². The average Bonchev–Trinajstić information content (AvgIpc) is 2.04. The minimum absolute atomic E-state index is 0.189. The van der Waals surface area contributed by atoms with Crippen LogP contribution in [0.1, 0.15) is 26.3 Å². The Balaban J connectivity index is 2.49. The summed E-state index contributed by atoms with van der Waals surface area (Å²) in [6.45, 7) is 7.25. The second kappa shape index (κ2) is 4.22. The van der Waals surface area contributed by atoms with Crippen LogP contribution in [0.3, 0.4) is 0 Å². The smallest absolute Gasteiger partial charge is 0.0636 e. The van der Waals surface area contributed by atoms with Crippen molar-refractivity contribution in [2.45, 2.75) is 27.3 Å². The monoisotopic (exact) mass is 175 g/mol. The van der Waals surface area contributed by atoms with Crippen LogP contribution in [0.2, 0.25) is 0 Å². The maximum absolute atomic E-state index is 4.39. The normalized spacial score (nSPS) is 12.2. The molecule has 0 heterocycles. The van der Waals surface area contributed by atoms with Crippen molar-refractivity contribution in [1.82, 2.24) is 0 Å². The van der Waals surface area contributed by atoms with Crippen molar-refractivity contribution in [3.63, 3.8) is 0 Å². The summed E-state index contributed by atoms with van der Waals surface area (Å²) in [6, 6.07) is 10.3. The van der Waals surface area contributed by atoms with E-state index in [0.29, 0.717) is 0 Å². The van der Waals surface area contributed by atoms with Crippen molar-refractivity contribution in [3.05, 3.63) is 35.9 Å². The molecule has 13 heavy (non-hydrogen) atoms. The molecule has 0 amide bonds. The van der Waals surface area contributed by atoms with E-state index in [1.165, 1.54) is 5.56 Å². The van der Waals surface area contributed by atoms with E-state index >= 15 is 0 Å². The van der Waals surface area contributed by atoms with Gasteiger partial charge in [-0.1, -0.05) is 51.1 Å². The van der Waals surface area contributed by atoms with E-state index in [1.54, 1.807) is 0 Å². The highest BCUT2D eigenvalue weighted by atomic mass is 14.7. The van der Waals surface area contributed by atoms with E-state index in [4.69, 9.17) is 0 Å². The third kappa shape index (κ3) is 4.46. The van der Waals surface area contributed by atoms with Crippen LogP contribution in [-0.4, -0.2) is 6.21 Å².